The Kier molecular flexibility index (Phi) is 18.1. The largest absolute Gasteiger partial charge is 0.460 e. The van der Waals surface area contributed by atoms with Crippen LogP contribution in [0.25, 0.3) is 0 Å². The molecular formula is C26H47F3N2O5. The lowest BCUT2D eigenvalue weighted by atomic mass is 9.88. The lowest BCUT2D eigenvalue weighted by Crippen LogP contribution is -2.53. The van der Waals surface area contributed by atoms with Gasteiger partial charge in [-0.05, 0) is 67.2 Å². The fraction of sp³-hybridized carbons (Fsp3) is 0.808. The summed E-state index contributed by atoms with van der Waals surface area (Å²) in [5.41, 5.74) is 3.57. The molecular weight excluding hydrogens is 477 g/mol. The highest BCUT2D eigenvalue weighted by Gasteiger charge is 2.41. The maximum atomic E-state index is 12.6. The maximum Gasteiger partial charge on any atom is 0.405 e. The predicted octanol–water partition coefficient (Wildman–Crippen LogP) is 6.09. The van der Waals surface area contributed by atoms with Crippen molar-refractivity contribution in [3.63, 3.8) is 0 Å². The van der Waals surface area contributed by atoms with Crippen LogP contribution in [0.15, 0.2) is 0 Å². The molecule has 1 aliphatic rings. The van der Waals surface area contributed by atoms with Gasteiger partial charge in [0.1, 0.15) is 18.1 Å². The fourth-order valence-corrected chi connectivity index (χ4v) is 3.17. The molecule has 2 N–H and O–H groups in total. The molecule has 0 aliphatic carbocycles. The van der Waals surface area contributed by atoms with Crippen LogP contribution in [-0.4, -0.2) is 53.3 Å². The average Bonchev–Trinajstić information content (AvgIpc) is 2.72. The van der Waals surface area contributed by atoms with Gasteiger partial charge in [0.25, 0.3) is 0 Å². The summed E-state index contributed by atoms with van der Waals surface area (Å²) in [6, 6.07) is -0.506. The standard InChI is InChI=1S/C17H28F3NO3.C5H11NO2.C2H6.C2H2/c1-6-12-7-8-13(11(2)24-15(23)16(3,4)5)21(10-12)14(22)9-17(18,19)20;1-5(2,3)8-4(6)7;2*1-2/h11-13H,6-10H2,1-5H3;1-3H3,(H2,6,7);1-2H3;1-2H/t11-,12?,13?;;;/m0.../s1. The molecule has 2 unspecified atom stereocenters. The average molecular weight is 525 g/mol. The zero-order valence-corrected chi connectivity index (χ0v) is 23.6. The first-order valence-electron chi connectivity index (χ1n) is 12.2. The Bertz CT molecular complexity index is 680. The molecule has 2 amide bonds. The topological polar surface area (TPSA) is 98.9 Å². The van der Waals surface area contributed by atoms with E-state index in [9.17, 15) is 27.6 Å². The highest BCUT2D eigenvalue weighted by Crippen LogP contribution is 2.31. The quantitative estimate of drug-likeness (QED) is 0.354. The Morgan fingerprint density at radius 1 is 1.03 bits per heavy atom. The van der Waals surface area contributed by atoms with Crippen LogP contribution in [-0.2, 0) is 19.1 Å². The Morgan fingerprint density at radius 2 is 1.50 bits per heavy atom. The molecule has 10 heteroatoms. The Hall–Kier alpha value is -2.44. The summed E-state index contributed by atoms with van der Waals surface area (Å²) >= 11 is 0. The molecule has 1 aliphatic heterocycles. The summed E-state index contributed by atoms with van der Waals surface area (Å²) in [7, 11) is 0. The molecule has 7 nitrogen and oxygen atoms in total. The predicted molar refractivity (Wildman–Crippen MR) is 136 cm³/mol. The van der Waals surface area contributed by atoms with Gasteiger partial charge in [0.2, 0.25) is 5.91 Å². The summed E-state index contributed by atoms with van der Waals surface area (Å²) in [5.74, 6) is -1.18. The van der Waals surface area contributed by atoms with Crippen molar-refractivity contribution in [3.05, 3.63) is 0 Å². The first kappa shape index (κ1) is 38.1. The minimum absolute atomic E-state index is 0.184. The van der Waals surface area contributed by atoms with Gasteiger partial charge in [0, 0.05) is 6.54 Å². The molecule has 1 fully saturated rings. The first-order chi connectivity index (χ1) is 16.3. The molecule has 3 atom stereocenters. The van der Waals surface area contributed by atoms with E-state index in [1.54, 1.807) is 48.5 Å². The minimum atomic E-state index is -4.54. The second-order valence-corrected chi connectivity index (χ2v) is 10.2. The molecule has 0 radical (unpaired) electrons. The second-order valence-electron chi connectivity index (χ2n) is 10.2. The molecule has 1 rings (SSSR count). The third-order valence-electron chi connectivity index (χ3n) is 4.83. The number of likely N-dealkylation sites (tertiary alicyclic amines) is 1. The van der Waals surface area contributed by atoms with Gasteiger partial charge in [-0.15, -0.1) is 12.8 Å². The molecule has 1 heterocycles. The monoisotopic (exact) mass is 524 g/mol. The number of alkyl halides is 3. The van der Waals surface area contributed by atoms with E-state index in [1.807, 2.05) is 20.8 Å². The number of esters is 1. The van der Waals surface area contributed by atoms with E-state index in [2.05, 4.69) is 17.6 Å². The molecule has 212 valence electrons. The van der Waals surface area contributed by atoms with Crippen LogP contribution in [0.1, 0.15) is 94.9 Å². The molecule has 0 bridgehead atoms. The Labute approximate surface area is 215 Å². The van der Waals surface area contributed by atoms with Crippen molar-refractivity contribution in [2.24, 2.45) is 17.1 Å². The fourth-order valence-electron chi connectivity index (χ4n) is 3.17. The maximum absolute atomic E-state index is 12.6. The molecule has 1 saturated heterocycles. The molecule has 0 spiro atoms. The number of carbonyl (C=O) groups is 3. The number of halogens is 3. The van der Waals surface area contributed by atoms with E-state index in [0.29, 0.717) is 6.42 Å². The van der Waals surface area contributed by atoms with Crippen LogP contribution in [0.4, 0.5) is 18.0 Å². The second kappa shape index (κ2) is 17.1. The van der Waals surface area contributed by atoms with Gasteiger partial charge in [-0.25, -0.2) is 4.79 Å². The van der Waals surface area contributed by atoms with Crippen molar-refractivity contribution in [3.8, 4) is 12.8 Å². The highest BCUT2D eigenvalue weighted by atomic mass is 19.4. The van der Waals surface area contributed by atoms with E-state index in [4.69, 9.17) is 10.5 Å². The van der Waals surface area contributed by atoms with Crippen LogP contribution in [0.5, 0.6) is 0 Å². The van der Waals surface area contributed by atoms with Gasteiger partial charge in [0.05, 0.1) is 11.5 Å². The zero-order chi connectivity index (χ0) is 29.5. The van der Waals surface area contributed by atoms with E-state index in [0.717, 1.165) is 12.8 Å². The van der Waals surface area contributed by atoms with Gasteiger partial charge in [-0.3, -0.25) is 9.59 Å². The summed E-state index contributed by atoms with van der Waals surface area (Å²) < 4.78 is 47.8. The minimum Gasteiger partial charge on any atom is -0.460 e. The zero-order valence-electron chi connectivity index (χ0n) is 23.6. The molecule has 0 aromatic rings. The lowest BCUT2D eigenvalue weighted by molar-refractivity contribution is -0.173. The van der Waals surface area contributed by atoms with Gasteiger partial charge < -0.3 is 20.1 Å². The number of terminal acetylenes is 1. The van der Waals surface area contributed by atoms with E-state index >= 15 is 0 Å². The Morgan fingerprint density at radius 3 is 1.81 bits per heavy atom. The van der Waals surface area contributed by atoms with Crippen molar-refractivity contribution in [2.45, 2.75) is 119 Å². The third kappa shape index (κ3) is 17.9. The summed E-state index contributed by atoms with van der Waals surface area (Å²) in [6.45, 7) is 18.3. The smallest absolute Gasteiger partial charge is 0.405 e. The third-order valence-corrected chi connectivity index (χ3v) is 4.83. The Balaban J connectivity index is -0.000000762. The number of piperidine rings is 1. The van der Waals surface area contributed by atoms with Crippen LogP contribution < -0.4 is 5.73 Å². The lowest BCUT2D eigenvalue weighted by Gasteiger charge is -2.42. The van der Waals surface area contributed by atoms with Crippen molar-refractivity contribution in [1.29, 1.82) is 0 Å². The van der Waals surface area contributed by atoms with Crippen LogP contribution in [0.2, 0.25) is 0 Å². The van der Waals surface area contributed by atoms with Crippen molar-refractivity contribution >= 4 is 18.0 Å². The number of nitrogens with two attached hydrogens (primary N) is 1. The van der Waals surface area contributed by atoms with Crippen LogP contribution in [0.3, 0.4) is 0 Å². The van der Waals surface area contributed by atoms with Crippen LogP contribution >= 0.6 is 0 Å². The van der Waals surface area contributed by atoms with Gasteiger partial charge in [-0.2, -0.15) is 13.2 Å². The molecule has 0 saturated carbocycles. The van der Waals surface area contributed by atoms with Gasteiger partial charge in [-0.1, -0.05) is 27.2 Å². The highest BCUT2D eigenvalue weighted by molar-refractivity contribution is 5.78. The van der Waals surface area contributed by atoms with Crippen molar-refractivity contribution < 1.29 is 37.0 Å². The summed E-state index contributed by atoms with van der Waals surface area (Å²) in [4.78, 5) is 35.5. The number of hydrogen-bond acceptors (Lipinski definition) is 5. The van der Waals surface area contributed by atoms with Gasteiger partial charge in [0.15, 0.2) is 0 Å². The number of nitrogens with zero attached hydrogens (tertiary/aromatic N) is 1. The van der Waals surface area contributed by atoms with Gasteiger partial charge >= 0.3 is 18.2 Å². The molecule has 36 heavy (non-hydrogen) atoms. The number of rotatable bonds is 4. The summed E-state index contributed by atoms with van der Waals surface area (Å²) in [5, 5.41) is 0. The summed E-state index contributed by atoms with van der Waals surface area (Å²) in [6.07, 6.45) is 2.80. The number of amides is 2. The SMILES string of the molecule is C#C.CC.CC(C)(C)OC(N)=O.CCC1CCC([C@H](C)OC(=O)C(C)(C)C)N(C(=O)CC(F)(F)F)C1. The van der Waals surface area contributed by atoms with Crippen molar-refractivity contribution in [2.75, 3.05) is 6.54 Å². The van der Waals surface area contributed by atoms with E-state index in [1.165, 1.54) is 4.90 Å². The van der Waals surface area contributed by atoms with Crippen molar-refractivity contribution in [1.82, 2.24) is 4.90 Å². The number of hydrogen-bond donors (Lipinski definition) is 1. The molecule has 0 aromatic heterocycles. The normalized spacial score (nSPS) is 18.5. The number of primary amides is 1. The number of ether oxygens (including phenoxy) is 2. The first-order valence-corrected chi connectivity index (χ1v) is 12.2. The number of carbonyl (C=O) groups excluding carboxylic acids is 3. The van der Waals surface area contributed by atoms with Crippen LogP contribution in [0, 0.1) is 24.2 Å². The van der Waals surface area contributed by atoms with E-state index < -0.39 is 53.7 Å². The molecule has 0 aromatic carbocycles. The van der Waals surface area contributed by atoms with E-state index in [-0.39, 0.29) is 12.5 Å².